The number of nitrogens with zero attached hydrogens (tertiary/aromatic N) is 3. The van der Waals surface area contributed by atoms with Crippen LogP contribution < -0.4 is 5.69 Å². The maximum Gasteiger partial charge on any atom is 0.329 e. The van der Waals surface area contributed by atoms with Gasteiger partial charge in [0.2, 0.25) is 0 Å². The lowest BCUT2D eigenvalue weighted by Gasteiger charge is -2.13. The Bertz CT molecular complexity index is 778. The van der Waals surface area contributed by atoms with Gasteiger partial charge in [-0.3, -0.25) is 9.55 Å². The summed E-state index contributed by atoms with van der Waals surface area (Å²) in [7, 11) is 0. The Morgan fingerprint density at radius 1 is 1.32 bits per heavy atom. The fraction of sp³-hybridized carbons (Fsp3) is 0.154. The van der Waals surface area contributed by atoms with Gasteiger partial charge < -0.3 is 0 Å². The number of hydrogen-bond acceptors (Lipinski definition) is 3. The van der Waals surface area contributed by atoms with E-state index in [4.69, 9.17) is 0 Å². The van der Waals surface area contributed by atoms with Crippen LogP contribution in [0.4, 0.5) is 0 Å². The molecule has 0 aliphatic rings. The first kappa shape index (κ1) is 12.1. The highest BCUT2D eigenvalue weighted by atomic mass is 79.9. The van der Waals surface area contributed by atoms with E-state index in [1.54, 1.807) is 10.8 Å². The molecule has 0 saturated heterocycles. The van der Waals surface area contributed by atoms with Gasteiger partial charge >= 0.3 is 5.69 Å². The van der Waals surface area contributed by atoms with E-state index in [1.807, 2.05) is 37.3 Å². The molecule has 5 nitrogen and oxygen atoms in total. The van der Waals surface area contributed by atoms with Crippen LogP contribution in [0.3, 0.4) is 0 Å². The third kappa shape index (κ3) is 2.08. The van der Waals surface area contributed by atoms with E-state index >= 15 is 0 Å². The fourth-order valence-corrected chi connectivity index (χ4v) is 2.38. The summed E-state index contributed by atoms with van der Waals surface area (Å²) in [5.74, 6) is 0. The lowest BCUT2D eigenvalue weighted by molar-refractivity contribution is 0.630. The zero-order valence-electron chi connectivity index (χ0n) is 10.2. The number of fused-ring (bicyclic) bond motifs is 1. The molecule has 0 unspecified atom stereocenters. The molecule has 96 valence electrons. The molecule has 0 fully saturated rings. The number of aromatic amines is 1. The van der Waals surface area contributed by atoms with Gasteiger partial charge in [0, 0.05) is 0 Å². The predicted molar refractivity (Wildman–Crippen MR) is 76.1 cm³/mol. The fourth-order valence-electron chi connectivity index (χ4n) is 2.11. The second kappa shape index (κ2) is 4.62. The third-order valence-corrected chi connectivity index (χ3v) is 3.45. The van der Waals surface area contributed by atoms with Crippen LogP contribution in [0.2, 0.25) is 0 Å². The Balaban J connectivity index is 2.22. The summed E-state index contributed by atoms with van der Waals surface area (Å²) in [6.45, 7) is 1.96. The molecule has 0 aliphatic heterocycles. The second-order valence-electron chi connectivity index (χ2n) is 4.25. The third-order valence-electron chi connectivity index (χ3n) is 3.07. The van der Waals surface area contributed by atoms with Gasteiger partial charge in [0.25, 0.3) is 0 Å². The number of rotatable bonds is 2. The van der Waals surface area contributed by atoms with E-state index in [2.05, 4.69) is 30.9 Å². The molecule has 3 aromatic rings. The highest BCUT2D eigenvalue weighted by Gasteiger charge is 2.16. The van der Waals surface area contributed by atoms with Crippen LogP contribution in [0.25, 0.3) is 11.3 Å². The van der Waals surface area contributed by atoms with Gasteiger partial charge in [-0.1, -0.05) is 30.3 Å². The average Bonchev–Trinajstić information content (AvgIpc) is 2.74. The van der Waals surface area contributed by atoms with Crippen LogP contribution in [0, 0.1) is 0 Å². The number of hydrogen-bond donors (Lipinski definition) is 1. The molecule has 1 atom stereocenters. The SMILES string of the molecule is C[C@H](c1ccccc1)n1c(=O)[nH]c2ncc(Br)nc21. The van der Waals surface area contributed by atoms with Crippen LogP contribution in [-0.2, 0) is 0 Å². The van der Waals surface area contributed by atoms with Crippen LogP contribution in [0.15, 0.2) is 45.9 Å². The first-order valence-corrected chi connectivity index (χ1v) is 6.64. The van der Waals surface area contributed by atoms with E-state index in [1.165, 1.54) is 0 Å². The molecule has 3 rings (SSSR count). The lowest BCUT2D eigenvalue weighted by Crippen LogP contribution is -2.21. The number of aromatic nitrogens is 4. The summed E-state index contributed by atoms with van der Waals surface area (Å²) < 4.78 is 2.22. The second-order valence-corrected chi connectivity index (χ2v) is 5.06. The molecule has 2 heterocycles. The predicted octanol–water partition coefficient (Wildman–Crippen LogP) is 2.49. The van der Waals surface area contributed by atoms with Gasteiger partial charge in [0.1, 0.15) is 4.60 Å². The minimum atomic E-state index is -0.204. The molecule has 0 amide bonds. The van der Waals surface area contributed by atoms with Crippen molar-refractivity contribution >= 4 is 27.2 Å². The minimum absolute atomic E-state index is 0.106. The molecule has 0 aliphatic carbocycles. The number of imidazole rings is 1. The van der Waals surface area contributed by atoms with Crippen LogP contribution in [-0.4, -0.2) is 19.5 Å². The van der Waals surface area contributed by atoms with Gasteiger partial charge in [-0.25, -0.2) is 14.8 Å². The molecule has 1 aromatic carbocycles. The van der Waals surface area contributed by atoms with Crippen molar-refractivity contribution in [3.8, 4) is 0 Å². The van der Waals surface area contributed by atoms with E-state index in [0.29, 0.717) is 15.9 Å². The Hall–Kier alpha value is -1.95. The first-order valence-electron chi connectivity index (χ1n) is 5.84. The largest absolute Gasteiger partial charge is 0.329 e. The average molecular weight is 319 g/mol. The highest BCUT2D eigenvalue weighted by molar-refractivity contribution is 9.10. The smallest absolute Gasteiger partial charge is 0.289 e. The standard InChI is InChI=1S/C13H11BrN4O/c1-8(9-5-3-2-4-6-9)18-12-11(17-13(18)19)15-7-10(14)16-12/h2-8H,1H3,(H,15,17,19)/t8-/m1/s1. The molecule has 6 heteroatoms. The summed E-state index contributed by atoms with van der Waals surface area (Å²) in [5, 5.41) is 0. The highest BCUT2D eigenvalue weighted by Crippen LogP contribution is 2.19. The molecule has 19 heavy (non-hydrogen) atoms. The zero-order chi connectivity index (χ0) is 13.4. The molecule has 1 N–H and O–H groups in total. The van der Waals surface area contributed by atoms with E-state index in [-0.39, 0.29) is 11.7 Å². The Morgan fingerprint density at radius 2 is 2.05 bits per heavy atom. The lowest BCUT2D eigenvalue weighted by atomic mass is 10.1. The van der Waals surface area contributed by atoms with Gasteiger partial charge in [-0.15, -0.1) is 0 Å². The Labute approximate surface area is 117 Å². The van der Waals surface area contributed by atoms with Crippen molar-refractivity contribution in [2.24, 2.45) is 0 Å². The van der Waals surface area contributed by atoms with Crippen LogP contribution >= 0.6 is 15.9 Å². The Kier molecular flexibility index (Phi) is 2.94. The summed E-state index contributed by atoms with van der Waals surface area (Å²) >= 11 is 3.28. The molecule has 0 spiro atoms. The van der Waals surface area contributed by atoms with Crippen LogP contribution in [0.1, 0.15) is 18.5 Å². The number of H-pyrrole nitrogens is 1. The van der Waals surface area contributed by atoms with Gasteiger partial charge in [0.05, 0.1) is 12.2 Å². The van der Waals surface area contributed by atoms with Gasteiger partial charge in [-0.2, -0.15) is 0 Å². The number of nitrogens with one attached hydrogen (secondary N) is 1. The number of halogens is 1. The molecular formula is C13H11BrN4O. The van der Waals surface area contributed by atoms with Gasteiger partial charge in [-0.05, 0) is 28.4 Å². The molecule has 0 radical (unpaired) electrons. The van der Waals surface area contributed by atoms with E-state index < -0.39 is 0 Å². The van der Waals surface area contributed by atoms with E-state index in [9.17, 15) is 4.79 Å². The summed E-state index contributed by atoms with van der Waals surface area (Å²) in [6.07, 6.45) is 1.57. The summed E-state index contributed by atoms with van der Waals surface area (Å²) in [4.78, 5) is 23.3. The maximum atomic E-state index is 12.1. The Morgan fingerprint density at radius 3 is 2.79 bits per heavy atom. The number of benzene rings is 1. The monoisotopic (exact) mass is 318 g/mol. The van der Waals surface area contributed by atoms with Crippen molar-refractivity contribution in [3.63, 3.8) is 0 Å². The van der Waals surface area contributed by atoms with Crippen molar-refractivity contribution in [2.45, 2.75) is 13.0 Å². The zero-order valence-corrected chi connectivity index (χ0v) is 11.8. The summed E-state index contributed by atoms with van der Waals surface area (Å²) in [6, 6.07) is 9.72. The quantitative estimate of drug-likeness (QED) is 0.789. The van der Waals surface area contributed by atoms with Gasteiger partial charge in [0.15, 0.2) is 11.3 Å². The molecular weight excluding hydrogens is 308 g/mol. The van der Waals surface area contributed by atoms with Crippen molar-refractivity contribution in [2.75, 3.05) is 0 Å². The van der Waals surface area contributed by atoms with Crippen molar-refractivity contribution < 1.29 is 0 Å². The topological polar surface area (TPSA) is 63.6 Å². The summed E-state index contributed by atoms with van der Waals surface area (Å²) in [5.41, 5.74) is 1.89. The normalized spacial score (nSPS) is 12.7. The van der Waals surface area contributed by atoms with Crippen molar-refractivity contribution in [1.29, 1.82) is 0 Å². The maximum absolute atomic E-state index is 12.1. The van der Waals surface area contributed by atoms with Crippen molar-refractivity contribution in [1.82, 2.24) is 19.5 Å². The van der Waals surface area contributed by atoms with Crippen molar-refractivity contribution in [3.05, 3.63) is 57.2 Å². The molecule has 0 saturated carbocycles. The first-order chi connectivity index (χ1) is 9.16. The van der Waals surface area contributed by atoms with E-state index in [0.717, 1.165) is 5.56 Å². The minimum Gasteiger partial charge on any atom is -0.289 e. The molecule has 2 aromatic heterocycles. The molecule has 0 bridgehead atoms. The van der Waals surface area contributed by atoms with Crippen LogP contribution in [0.5, 0.6) is 0 Å².